The molecular weight excluding hydrogens is 522 g/mol. The number of carboxylic acids is 1. The lowest BCUT2D eigenvalue weighted by atomic mass is 9.90. The van der Waals surface area contributed by atoms with Crippen LogP contribution in [0.15, 0.2) is 97.1 Å². The van der Waals surface area contributed by atoms with Crippen molar-refractivity contribution >= 4 is 23.4 Å². The van der Waals surface area contributed by atoms with Crippen LogP contribution in [-0.4, -0.2) is 48.5 Å². The molecule has 0 saturated carbocycles. The average molecular weight is 556 g/mol. The molecule has 0 radical (unpaired) electrons. The minimum atomic E-state index is -1.02. The van der Waals surface area contributed by atoms with Crippen molar-refractivity contribution in [2.24, 2.45) is 0 Å². The first-order chi connectivity index (χ1) is 19.3. The van der Waals surface area contributed by atoms with Gasteiger partial charge in [-0.1, -0.05) is 77.8 Å². The fourth-order valence-corrected chi connectivity index (χ4v) is 4.76. The van der Waals surface area contributed by atoms with Crippen molar-refractivity contribution in [3.63, 3.8) is 0 Å². The number of hydrogen-bond donors (Lipinski definition) is 1. The van der Waals surface area contributed by atoms with Crippen molar-refractivity contribution in [2.75, 3.05) is 26.7 Å². The molecule has 206 valence electrons. The van der Waals surface area contributed by atoms with E-state index in [4.69, 9.17) is 21.4 Å². The van der Waals surface area contributed by atoms with Gasteiger partial charge in [-0.2, -0.15) is 0 Å². The minimum absolute atomic E-state index is 0.105. The first-order valence-corrected chi connectivity index (χ1v) is 13.7. The third-order valence-corrected chi connectivity index (χ3v) is 7.25. The molecule has 1 N–H and O–H groups in total. The highest BCUT2D eigenvalue weighted by Crippen LogP contribution is 2.27. The van der Waals surface area contributed by atoms with Crippen LogP contribution in [0.2, 0.25) is 5.02 Å². The number of halogens is 1. The lowest BCUT2D eigenvalue weighted by Gasteiger charge is -2.25. The Kier molecular flexibility index (Phi) is 10.1. The van der Waals surface area contributed by atoms with Gasteiger partial charge in [-0.15, -0.1) is 0 Å². The van der Waals surface area contributed by atoms with Gasteiger partial charge in [0.2, 0.25) is 0 Å². The van der Waals surface area contributed by atoms with Crippen LogP contribution < -0.4 is 4.74 Å². The second-order valence-corrected chi connectivity index (χ2v) is 10.6. The van der Waals surface area contributed by atoms with Gasteiger partial charge in [-0.25, -0.2) is 4.79 Å². The van der Waals surface area contributed by atoms with Crippen LogP contribution in [0, 0.1) is 6.92 Å². The van der Waals surface area contributed by atoms with E-state index >= 15 is 0 Å². The second kappa shape index (κ2) is 13.9. The topological polar surface area (TPSA) is 66.8 Å². The number of aryl methyl sites for hydroxylation is 2. The summed E-state index contributed by atoms with van der Waals surface area (Å²) in [4.78, 5) is 25.7. The Morgan fingerprint density at radius 3 is 2.00 bits per heavy atom. The molecule has 0 saturated heterocycles. The zero-order valence-corrected chi connectivity index (χ0v) is 23.6. The summed E-state index contributed by atoms with van der Waals surface area (Å²) in [6.45, 7) is 3.87. The standard InChI is InChI=1S/C34H34ClNO4/c1-24-5-9-26(10-6-24)32(27-15-17-30(35)18-16-27)22-36(2)21-3-4-25-7-19-31(20-8-25)40-23-33(37)28-11-13-29(14-12-28)34(38)39/h5-20,32H,3-4,21-23H2,1-2H3,(H,38,39). The molecule has 1 unspecified atom stereocenters. The van der Waals surface area contributed by atoms with Crippen molar-refractivity contribution in [1.29, 1.82) is 0 Å². The summed E-state index contributed by atoms with van der Waals surface area (Å²) in [5, 5.41) is 9.74. The number of ether oxygens (including phenoxy) is 1. The second-order valence-electron chi connectivity index (χ2n) is 10.1. The molecule has 4 rings (SSSR count). The Morgan fingerprint density at radius 1 is 0.825 bits per heavy atom. The molecular formula is C34H34ClNO4. The number of likely N-dealkylation sites (N-methyl/N-ethyl adjacent to an activating group) is 1. The van der Waals surface area contributed by atoms with E-state index in [2.05, 4.69) is 55.3 Å². The quantitative estimate of drug-likeness (QED) is 0.175. The molecule has 0 aliphatic heterocycles. The molecule has 4 aromatic carbocycles. The van der Waals surface area contributed by atoms with Crippen LogP contribution >= 0.6 is 11.6 Å². The normalized spacial score (nSPS) is 11.8. The Morgan fingerprint density at radius 2 is 1.40 bits per heavy atom. The Bertz CT molecular complexity index is 1350. The zero-order chi connectivity index (χ0) is 28.5. The van der Waals surface area contributed by atoms with Crippen LogP contribution in [0.1, 0.15) is 55.3 Å². The Hall–Kier alpha value is -3.93. The molecule has 0 aliphatic rings. The highest BCUT2D eigenvalue weighted by Gasteiger charge is 2.17. The SMILES string of the molecule is Cc1ccc(C(CN(C)CCCc2ccc(OCC(=O)c3ccc(C(=O)O)cc3)cc2)c2ccc(Cl)cc2)cc1. The van der Waals surface area contributed by atoms with E-state index in [9.17, 15) is 9.59 Å². The van der Waals surface area contributed by atoms with Gasteiger partial charge >= 0.3 is 5.97 Å². The van der Waals surface area contributed by atoms with Crippen molar-refractivity contribution in [3.05, 3.63) is 135 Å². The van der Waals surface area contributed by atoms with E-state index < -0.39 is 5.97 Å². The highest BCUT2D eigenvalue weighted by atomic mass is 35.5. The number of carbonyl (C=O) groups excluding carboxylic acids is 1. The van der Waals surface area contributed by atoms with Gasteiger partial charge in [0.1, 0.15) is 5.75 Å². The monoisotopic (exact) mass is 555 g/mol. The molecule has 0 amide bonds. The van der Waals surface area contributed by atoms with Gasteiger partial charge in [-0.3, -0.25) is 4.79 Å². The molecule has 0 aliphatic carbocycles. The molecule has 5 nitrogen and oxygen atoms in total. The number of nitrogens with zero attached hydrogens (tertiary/aromatic N) is 1. The highest BCUT2D eigenvalue weighted by molar-refractivity contribution is 6.30. The number of carbonyl (C=O) groups is 2. The van der Waals surface area contributed by atoms with Crippen molar-refractivity contribution in [3.8, 4) is 5.75 Å². The van der Waals surface area contributed by atoms with Crippen molar-refractivity contribution in [1.82, 2.24) is 4.90 Å². The third-order valence-electron chi connectivity index (χ3n) is 7.00. The number of hydrogen-bond acceptors (Lipinski definition) is 4. The summed E-state index contributed by atoms with van der Waals surface area (Å²) in [5.41, 5.74) is 5.59. The molecule has 0 fully saturated rings. The van der Waals surface area contributed by atoms with E-state index in [-0.39, 0.29) is 23.9 Å². The van der Waals surface area contributed by atoms with Crippen LogP contribution in [0.5, 0.6) is 5.75 Å². The van der Waals surface area contributed by atoms with Gasteiger partial charge in [0, 0.05) is 23.0 Å². The van der Waals surface area contributed by atoms with Crippen LogP contribution in [0.25, 0.3) is 0 Å². The van der Waals surface area contributed by atoms with E-state index in [1.807, 2.05) is 36.4 Å². The molecule has 0 bridgehead atoms. The fourth-order valence-electron chi connectivity index (χ4n) is 4.64. The molecule has 0 heterocycles. The number of carboxylic acid groups (broad SMARTS) is 1. The maximum absolute atomic E-state index is 12.4. The van der Waals surface area contributed by atoms with Gasteiger partial charge in [-0.05, 0) is 86.4 Å². The van der Waals surface area contributed by atoms with Gasteiger partial charge < -0.3 is 14.7 Å². The summed E-state index contributed by atoms with van der Waals surface area (Å²) in [7, 11) is 2.17. The number of Topliss-reactive ketones (excluding diaryl/α,β-unsaturated/α-hetero) is 1. The van der Waals surface area contributed by atoms with Crippen molar-refractivity contribution < 1.29 is 19.4 Å². The number of benzene rings is 4. The van der Waals surface area contributed by atoms with Crippen molar-refractivity contribution in [2.45, 2.75) is 25.7 Å². The molecule has 4 aromatic rings. The minimum Gasteiger partial charge on any atom is -0.485 e. The zero-order valence-electron chi connectivity index (χ0n) is 22.8. The predicted octanol–water partition coefficient (Wildman–Crippen LogP) is 7.30. The van der Waals surface area contributed by atoms with E-state index in [0.29, 0.717) is 11.3 Å². The maximum Gasteiger partial charge on any atom is 0.335 e. The lowest BCUT2D eigenvalue weighted by molar-refractivity contribution is 0.0696. The van der Waals surface area contributed by atoms with E-state index in [1.54, 1.807) is 0 Å². The summed E-state index contributed by atoms with van der Waals surface area (Å²) < 4.78 is 5.66. The predicted molar refractivity (Wildman–Crippen MR) is 160 cm³/mol. The van der Waals surface area contributed by atoms with E-state index in [1.165, 1.54) is 46.5 Å². The molecule has 1 atom stereocenters. The summed E-state index contributed by atoms with van der Waals surface area (Å²) in [6, 6.07) is 30.6. The van der Waals surface area contributed by atoms with Gasteiger partial charge in [0.15, 0.2) is 12.4 Å². The van der Waals surface area contributed by atoms with E-state index in [0.717, 1.165) is 31.0 Å². The first-order valence-electron chi connectivity index (χ1n) is 13.4. The first kappa shape index (κ1) is 29.1. The third kappa shape index (κ3) is 8.28. The maximum atomic E-state index is 12.4. The van der Waals surface area contributed by atoms with Crippen LogP contribution in [0.3, 0.4) is 0 Å². The Balaban J connectivity index is 1.26. The lowest BCUT2D eigenvalue weighted by Crippen LogP contribution is -2.26. The average Bonchev–Trinajstić information content (AvgIpc) is 2.96. The smallest absolute Gasteiger partial charge is 0.335 e. The number of aromatic carboxylic acids is 1. The largest absolute Gasteiger partial charge is 0.485 e. The summed E-state index contributed by atoms with van der Waals surface area (Å²) >= 11 is 6.15. The number of rotatable bonds is 13. The fraction of sp³-hybridized carbons (Fsp3) is 0.235. The summed E-state index contributed by atoms with van der Waals surface area (Å²) in [5.74, 6) is -0.338. The van der Waals surface area contributed by atoms with Gasteiger partial charge in [0.25, 0.3) is 0 Å². The van der Waals surface area contributed by atoms with Crippen LogP contribution in [-0.2, 0) is 6.42 Å². The molecule has 0 aromatic heterocycles. The number of ketones is 1. The Labute approximate surface area is 241 Å². The molecule has 0 spiro atoms. The summed E-state index contributed by atoms with van der Waals surface area (Å²) in [6.07, 6.45) is 1.96. The molecule has 40 heavy (non-hydrogen) atoms. The van der Waals surface area contributed by atoms with Crippen LogP contribution in [0.4, 0.5) is 0 Å². The molecule has 6 heteroatoms. The van der Waals surface area contributed by atoms with Gasteiger partial charge in [0.05, 0.1) is 5.56 Å².